The van der Waals surface area contributed by atoms with Crippen LogP contribution in [0, 0.1) is 6.07 Å². The maximum absolute atomic E-state index is 11.1. The van der Waals surface area contributed by atoms with E-state index < -0.39 is 30.0 Å². The summed E-state index contributed by atoms with van der Waals surface area (Å²) in [6.07, 6.45) is 0. The first kappa shape index (κ1) is 13.0. The maximum Gasteiger partial charge on any atom is 0.295 e. The van der Waals surface area contributed by atoms with Crippen molar-refractivity contribution in [3.05, 3.63) is 36.4 Å². The van der Waals surface area contributed by atoms with E-state index in [9.17, 15) is 16.8 Å². The van der Waals surface area contributed by atoms with Crippen LogP contribution in [0.2, 0.25) is 0 Å². The van der Waals surface area contributed by atoms with Gasteiger partial charge in [0.15, 0.2) is 0 Å². The lowest BCUT2D eigenvalue weighted by Crippen LogP contribution is -2.01. The summed E-state index contributed by atoms with van der Waals surface area (Å²) in [4.78, 5) is -0.995. The first-order valence-electron chi connectivity index (χ1n) is 4.59. The Morgan fingerprint density at radius 1 is 0.944 bits per heavy atom. The van der Waals surface area contributed by atoms with Crippen LogP contribution in [0.1, 0.15) is 0 Å². The summed E-state index contributed by atoms with van der Waals surface area (Å²) in [6, 6.07) is 8.52. The maximum atomic E-state index is 11.1. The Balaban J connectivity index is 2.91. The summed E-state index contributed by atoms with van der Waals surface area (Å²) in [7, 11) is -8.97. The van der Waals surface area contributed by atoms with E-state index in [1.54, 1.807) is 0 Å². The molecule has 0 aromatic heterocycles. The first-order chi connectivity index (χ1) is 8.19. The number of hydrogen-bond donors (Lipinski definition) is 2. The minimum Gasteiger partial charge on any atom is -0.282 e. The molecule has 2 aromatic carbocycles. The van der Waals surface area contributed by atoms with Crippen LogP contribution in [0.25, 0.3) is 10.8 Å². The second kappa shape index (κ2) is 4.02. The molecular weight excluding hydrogens is 280 g/mol. The van der Waals surface area contributed by atoms with E-state index in [0.29, 0.717) is 5.39 Å². The minimum absolute atomic E-state index is 0.0323. The summed E-state index contributed by atoms with van der Waals surface area (Å²) in [6.45, 7) is 0. The van der Waals surface area contributed by atoms with Gasteiger partial charge in [-0.05, 0) is 17.5 Å². The van der Waals surface area contributed by atoms with E-state index in [-0.39, 0.29) is 5.39 Å². The van der Waals surface area contributed by atoms with Crippen LogP contribution >= 0.6 is 0 Å². The Morgan fingerprint density at radius 3 is 2.17 bits per heavy atom. The van der Waals surface area contributed by atoms with Crippen molar-refractivity contribution >= 4 is 31.0 Å². The summed E-state index contributed by atoms with van der Waals surface area (Å²) in [5.74, 6) is 0. The van der Waals surface area contributed by atoms with Gasteiger partial charge in [-0.1, -0.05) is 18.2 Å². The third-order valence-electron chi connectivity index (χ3n) is 2.30. The molecule has 0 heterocycles. The van der Waals surface area contributed by atoms with Gasteiger partial charge in [-0.2, -0.15) is 16.8 Å². The minimum atomic E-state index is -4.52. The zero-order valence-corrected chi connectivity index (χ0v) is 10.4. The highest BCUT2D eigenvalue weighted by molar-refractivity contribution is 7.86. The van der Waals surface area contributed by atoms with Gasteiger partial charge in [0.05, 0.1) is 4.90 Å². The van der Waals surface area contributed by atoms with E-state index in [0.717, 1.165) is 12.1 Å². The van der Waals surface area contributed by atoms with Crippen molar-refractivity contribution in [1.82, 2.24) is 0 Å². The van der Waals surface area contributed by atoms with Crippen molar-refractivity contribution in [2.24, 2.45) is 0 Å². The average Bonchev–Trinajstić information content (AvgIpc) is 2.25. The zero-order valence-electron chi connectivity index (χ0n) is 8.73. The predicted octanol–water partition coefficient (Wildman–Crippen LogP) is 1.13. The van der Waals surface area contributed by atoms with E-state index in [1.807, 2.05) is 0 Å². The normalized spacial score (nSPS) is 12.8. The van der Waals surface area contributed by atoms with Gasteiger partial charge >= 0.3 is 0 Å². The highest BCUT2D eigenvalue weighted by Crippen LogP contribution is 2.25. The molecular formula is C10H7O6S2. The number of fused-ring (bicyclic) bond motifs is 1. The second-order valence-electron chi connectivity index (χ2n) is 3.51. The van der Waals surface area contributed by atoms with Crippen LogP contribution in [0.5, 0.6) is 0 Å². The van der Waals surface area contributed by atoms with Crippen molar-refractivity contribution in [2.75, 3.05) is 0 Å². The van der Waals surface area contributed by atoms with Crippen LogP contribution in [0.4, 0.5) is 0 Å². The molecule has 0 bridgehead atoms. The third kappa shape index (κ3) is 2.36. The predicted molar refractivity (Wildman–Crippen MR) is 62.4 cm³/mol. The van der Waals surface area contributed by atoms with E-state index >= 15 is 0 Å². The molecule has 6 nitrogen and oxygen atoms in total. The van der Waals surface area contributed by atoms with Gasteiger partial charge in [0.1, 0.15) is 4.90 Å². The Kier molecular flexibility index (Phi) is 2.90. The first-order valence-corrected chi connectivity index (χ1v) is 7.47. The van der Waals surface area contributed by atoms with Crippen LogP contribution in [0.15, 0.2) is 40.1 Å². The standard InChI is InChI=1S/C10H7O6S2/c11-17(12,13)8-5-4-7-2-1-3-10(9(7)6-8)18(14,15)16/h1-2,4-6H,(H,11,12,13)(H,14,15,16). The largest absolute Gasteiger partial charge is 0.295 e. The van der Waals surface area contributed by atoms with Crippen molar-refractivity contribution in [3.63, 3.8) is 0 Å². The average molecular weight is 287 g/mol. The number of rotatable bonds is 2. The summed E-state index contributed by atoms with van der Waals surface area (Å²) in [5.41, 5.74) is 0. The van der Waals surface area contributed by atoms with Gasteiger partial charge in [-0.25, -0.2) is 0 Å². The zero-order chi connectivity index (χ0) is 13.6. The molecule has 2 rings (SSSR count). The van der Waals surface area contributed by atoms with Gasteiger partial charge in [-0.3, -0.25) is 9.11 Å². The van der Waals surface area contributed by atoms with Crippen molar-refractivity contribution in [1.29, 1.82) is 0 Å². The molecule has 0 aliphatic rings. The van der Waals surface area contributed by atoms with Gasteiger partial charge in [-0.15, -0.1) is 0 Å². The fourth-order valence-electron chi connectivity index (χ4n) is 1.54. The Morgan fingerprint density at radius 2 is 1.61 bits per heavy atom. The molecule has 18 heavy (non-hydrogen) atoms. The molecule has 0 amide bonds. The smallest absolute Gasteiger partial charge is 0.282 e. The molecule has 0 saturated carbocycles. The summed E-state index contributed by atoms with van der Waals surface area (Å²) >= 11 is 0. The Labute approximate surface area is 103 Å². The lowest BCUT2D eigenvalue weighted by Gasteiger charge is -2.04. The molecule has 0 saturated heterocycles. The SMILES string of the molecule is O=S(=O)(O)c1ccc2cc[c]c(S(=O)(=O)O)c2c1. The van der Waals surface area contributed by atoms with Gasteiger partial charge in [0.2, 0.25) is 0 Å². The highest BCUT2D eigenvalue weighted by atomic mass is 32.2. The number of benzene rings is 2. The lowest BCUT2D eigenvalue weighted by molar-refractivity contribution is 0.480. The summed E-state index contributed by atoms with van der Waals surface area (Å²) in [5, 5.41) is 0.365. The molecule has 2 N–H and O–H groups in total. The van der Waals surface area contributed by atoms with Crippen LogP contribution in [0.3, 0.4) is 0 Å². The van der Waals surface area contributed by atoms with Crippen LogP contribution in [-0.4, -0.2) is 25.9 Å². The fraction of sp³-hybridized carbons (Fsp3) is 0. The Bertz CT molecular complexity index is 821. The molecule has 0 unspecified atom stereocenters. The second-order valence-corrected chi connectivity index (χ2v) is 6.29. The number of hydrogen-bond acceptors (Lipinski definition) is 4. The molecule has 0 aliphatic heterocycles. The molecule has 0 aliphatic carbocycles. The molecule has 95 valence electrons. The van der Waals surface area contributed by atoms with Crippen molar-refractivity contribution in [2.45, 2.75) is 9.79 Å². The van der Waals surface area contributed by atoms with Gasteiger partial charge in [0, 0.05) is 11.5 Å². The van der Waals surface area contributed by atoms with E-state index in [4.69, 9.17) is 9.11 Å². The Hall–Kier alpha value is -1.48. The molecule has 0 atom stereocenters. The lowest BCUT2D eigenvalue weighted by atomic mass is 10.1. The van der Waals surface area contributed by atoms with E-state index in [2.05, 4.69) is 6.07 Å². The van der Waals surface area contributed by atoms with Crippen LogP contribution < -0.4 is 0 Å². The fourth-order valence-corrected chi connectivity index (χ4v) is 2.71. The highest BCUT2D eigenvalue weighted by Gasteiger charge is 2.17. The third-order valence-corrected chi connectivity index (χ3v) is 4.01. The molecule has 8 heteroatoms. The van der Waals surface area contributed by atoms with Crippen molar-refractivity contribution < 1.29 is 25.9 Å². The molecule has 2 aromatic rings. The molecule has 0 spiro atoms. The monoisotopic (exact) mass is 287 g/mol. The molecule has 0 fully saturated rings. The van der Waals surface area contributed by atoms with Crippen molar-refractivity contribution in [3.8, 4) is 0 Å². The molecule has 1 radical (unpaired) electrons. The van der Waals surface area contributed by atoms with E-state index in [1.165, 1.54) is 18.2 Å². The van der Waals surface area contributed by atoms with Gasteiger partial charge < -0.3 is 0 Å². The topological polar surface area (TPSA) is 109 Å². The van der Waals surface area contributed by atoms with Crippen LogP contribution in [-0.2, 0) is 20.2 Å². The summed E-state index contributed by atoms with van der Waals surface area (Å²) < 4.78 is 62.1. The van der Waals surface area contributed by atoms with Gasteiger partial charge in [0.25, 0.3) is 20.2 Å². The quantitative estimate of drug-likeness (QED) is 0.801.